The lowest BCUT2D eigenvalue weighted by Gasteiger charge is -2.09. The summed E-state index contributed by atoms with van der Waals surface area (Å²) in [6.07, 6.45) is -4.47. The molecular weight excluding hydrogens is 283 g/mol. The molecule has 0 atom stereocenters. The van der Waals surface area contributed by atoms with E-state index in [0.717, 1.165) is 19.1 Å². The molecule has 0 aliphatic carbocycles. The van der Waals surface area contributed by atoms with Crippen molar-refractivity contribution in [1.29, 1.82) is 0 Å². The van der Waals surface area contributed by atoms with Crippen molar-refractivity contribution >= 4 is 28.5 Å². The van der Waals surface area contributed by atoms with E-state index in [-0.39, 0.29) is 16.4 Å². The Bertz CT molecular complexity index is 655. The van der Waals surface area contributed by atoms with Crippen LogP contribution in [0, 0.1) is 0 Å². The molecule has 0 N–H and O–H groups in total. The molecule has 1 aromatic carbocycles. The van der Waals surface area contributed by atoms with Gasteiger partial charge in [-0.3, -0.25) is 4.79 Å². The maximum absolute atomic E-state index is 12.6. The van der Waals surface area contributed by atoms with E-state index in [1.807, 2.05) is 0 Å². The first-order valence-electron chi connectivity index (χ1n) is 5.13. The lowest BCUT2D eigenvalue weighted by molar-refractivity contribution is -0.137. The molecule has 3 nitrogen and oxygen atoms in total. The van der Waals surface area contributed by atoms with Crippen LogP contribution in [0.4, 0.5) is 13.2 Å². The van der Waals surface area contributed by atoms with Crippen LogP contribution in [0.15, 0.2) is 24.3 Å². The molecule has 100 valence electrons. The largest absolute Gasteiger partial charge is 0.416 e. The second-order valence-corrected chi connectivity index (χ2v) is 4.17. The molecule has 2 aromatic rings. The minimum absolute atomic E-state index is 0.0126. The average Bonchev–Trinajstić information content (AvgIpc) is 2.26. The minimum atomic E-state index is -4.47. The Morgan fingerprint density at radius 3 is 2.58 bits per heavy atom. The highest BCUT2D eigenvalue weighted by Gasteiger charge is 2.30. The Kier molecular flexibility index (Phi) is 3.36. The number of hydrogen-bond acceptors (Lipinski definition) is 3. The summed E-state index contributed by atoms with van der Waals surface area (Å²) in [4.78, 5) is 14.6. The third-order valence-electron chi connectivity index (χ3n) is 2.31. The van der Waals surface area contributed by atoms with E-state index in [4.69, 9.17) is 16.3 Å². The van der Waals surface area contributed by atoms with E-state index in [1.54, 1.807) is 0 Å². The molecule has 0 fully saturated rings. The molecule has 0 aliphatic heterocycles. The van der Waals surface area contributed by atoms with Gasteiger partial charge in [-0.15, -0.1) is 0 Å². The number of benzene rings is 1. The first kappa shape index (κ1) is 13.6. The number of aromatic nitrogens is 1. The molecule has 0 spiro atoms. The van der Waals surface area contributed by atoms with Gasteiger partial charge in [-0.2, -0.15) is 13.2 Å². The van der Waals surface area contributed by atoms with Gasteiger partial charge >= 0.3 is 12.1 Å². The molecule has 7 heteroatoms. The van der Waals surface area contributed by atoms with E-state index in [0.29, 0.717) is 5.39 Å². The molecule has 0 bridgehead atoms. The molecule has 0 radical (unpaired) electrons. The maximum Gasteiger partial charge on any atom is 0.416 e. The highest BCUT2D eigenvalue weighted by molar-refractivity contribution is 6.35. The molecule has 0 aliphatic rings. The summed E-state index contributed by atoms with van der Waals surface area (Å²) in [5.74, 6) is -0.765. The number of nitrogens with zero attached hydrogens (tertiary/aromatic N) is 1. The van der Waals surface area contributed by atoms with Gasteiger partial charge in [0.15, 0.2) is 0 Å². The van der Waals surface area contributed by atoms with Crippen molar-refractivity contribution in [3.63, 3.8) is 0 Å². The van der Waals surface area contributed by atoms with Gasteiger partial charge in [-0.1, -0.05) is 17.7 Å². The Labute approximate surface area is 111 Å². The zero-order valence-electron chi connectivity index (χ0n) is 9.58. The van der Waals surface area contributed by atoms with Crippen molar-refractivity contribution in [2.75, 3.05) is 0 Å². The van der Waals surface area contributed by atoms with Gasteiger partial charge in [0, 0.05) is 18.4 Å². The highest BCUT2D eigenvalue weighted by atomic mass is 35.5. The summed E-state index contributed by atoms with van der Waals surface area (Å²) in [5.41, 5.74) is -0.831. The third kappa shape index (κ3) is 2.96. The molecule has 2 rings (SSSR count). The number of carbonyl (C=O) groups is 1. The van der Waals surface area contributed by atoms with Crippen LogP contribution in [0.25, 0.3) is 10.9 Å². The van der Waals surface area contributed by atoms with Gasteiger partial charge in [0.05, 0.1) is 16.1 Å². The fraction of sp³-hybridized carbons (Fsp3) is 0.167. The lowest BCUT2D eigenvalue weighted by Crippen LogP contribution is -2.06. The van der Waals surface area contributed by atoms with Crippen molar-refractivity contribution in [2.45, 2.75) is 13.1 Å². The predicted molar refractivity (Wildman–Crippen MR) is 63.1 cm³/mol. The molecule has 0 saturated carbocycles. The standard InChI is InChI=1S/C12H7ClF3NO2/c1-6(18)19-11-5-9(13)8-3-2-7(12(14,15)16)4-10(8)17-11/h2-5H,1H3. The number of fused-ring (bicyclic) bond motifs is 1. The Morgan fingerprint density at radius 2 is 2.00 bits per heavy atom. The molecule has 1 heterocycles. The average molecular weight is 290 g/mol. The number of carbonyl (C=O) groups excluding carboxylic acids is 1. The Morgan fingerprint density at radius 1 is 1.32 bits per heavy atom. The number of esters is 1. The van der Waals surface area contributed by atoms with Gasteiger partial charge in [0.1, 0.15) is 0 Å². The first-order chi connectivity index (χ1) is 8.77. The summed E-state index contributed by atoms with van der Waals surface area (Å²) < 4.78 is 42.5. The summed E-state index contributed by atoms with van der Waals surface area (Å²) >= 11 is 5.90. The van der Waals surface area contributed by atoms with Gasteiger partial charge in [-0.25, -0.2) is 4.98 Å². The van der Waals surface area contributed by atoms with Gasteiger partial charge in [0.25, 0.3) is 0 Å². The summed E-state index contributed by atoms with van der Waals surface area (Å²) in [6.45, 7) is 1.16. The number of pyridine rings is 1. The quantitative estimate of drug-likeness (QED) is 0.749. The second-order valence-electron chi connectivity index (χ2n) is 3.77. The van der Waals surface area contributed by atoms with Crippen LogP contribution in [0.1, 0.15) is 12.5 Å². The van der Waals surface area contributed by atoms with Crippen LogP contribution in [0.5, 0.6) is 5.88 Å². The van der Waals surface area contributed by atoms with Gasteiger partial charge in [0.2, 0.25) is 5.88 Å². The van der Waals surface area contributed by atoms with Crippen molar-refractivity contribution < 1.29 is 22.7 Å². The van der Waals surface area contributed by atoms with Gasteiger partial charge < -0.3 is 4.74 Å². The number of ether oxygens (including phenoxy) is 1. The minimum Gasteiger partial charge on any atom is -0.408 e. The predicted octanol–water partition coefficient (Wildman–Crippen LogP) is 3.83. The van der Waals surface area contributed by atoms with E-state index >= 15 is 0 Å². The molecule has 0 unspecified atom stereocenters. The number of rotatable bonds is 1. The van der Waals surface area contributed by atoms with Crippen LogP contribution in [0.2, 0.25) is 5.02 Å². The fourth-order valence-electron chi connectivity index (χ4n) is 1.54. The van der Waals surface area contributed by atoms with E-state index < -0.39 is 17.7 Å². The molecule has 1 aromatic heterocycles. The zero-order chi connectivity index (χ0) is 14.2. The van der Waals surface area contributed by atoms with Crippen LogP contribution in [-0.4, -0.2) is 11.0 Å². The zero-order valence-corrected chi connectivity index (χ0v) is 10.3. The van der Waals surface area contributed by atoms with Crippen LogP contribution in [-0.2, 0) is 11.0 Å². The third-order valence-corrected chi connectivity index (χ3v) is 2.62. The van der Waals surface area contributed by atoms with Gasteiger partial charge in [-0.05, 0) is 12.1 Å². The van der Waals surface area contributed by atoms with Crippen LogP contribution in [0.3, 0.4) is 0 Å². The monoisotopic (exact) mass is 289 g/mol. The van der Waals surface area contributed by atoms with Crippen LogP contribution < -0.4 is 4.74 Å². The Balaban J connectivity index is 2.59. The van der Waals surface area contributed by atoms with Crippen LogP contribution >= 0.6 is 11.6 Å². The smallest absolute Gasteiger partial charge is 0.408 e. The normalized spacial score (nSPS) is 11.6. The van der Waals surface area contributed by atoms with E-state index in [9.17, 15) is 18.0 Å². The summed E-state index contributed by atoms with van der Waals surface area (Å²) in [5, 5.41) is 0.514. The molecule has 0 amide bonds. The number of alkyl halides is 3. The topological polar surface area (TPSA) is 39.2 Å². The second kappa shape index (κ2) is 4.70. The van der Waals surface area contributed by atoms with Crippen molar-refractivity contribution in [2.24, 2.45) is 0 Å². The summed E-state index contributed by atoms with van der Waals surface area (Å²) in [6, 6.07) is 4.28. The fourth-order valence-corrected chi connectivity index (χ4v) is 1.79. The molecule has 19 heavy (non-hydrogen) atoms. The first-order valence-corrected chi connectivity index (χ1v) is 5.51. The van der Waals surface area contributed by atoms with E-state index in [2.05, 4.69) is 4.98 Å². The summed E-state index contributed by atoms with van der Waals surface area (Å²) in [7, 11) is 0. The van der Waals surface area contributed by atoms with Crippen molar-refractivity contribution in [1.82, 2.24) is 4.98 Å². The lowest BCUT2D eigenvalue weighted by atomic mass is 10.1. The van der Waals surface area contributed by atoms with Crippen molar-refractivity contribution in [3.8, 4) is 5.88 Å². The van der Waals surface area contributed by atoms with E-state index in [1.165, 1.54) is 12.1 Å². The number of hydrogen-bond donors (Lipinski definition) is 0. The van der Waals surface area contributed by atoms with Crippen molar-refractivity contribution in [3.05, 3.63) is 34.9 Å². The number of halogens is 4. The SMILES string of the molecule is CC(=O)Oc1cc(Cl)c2ccc(C(F)(F)F)cc2n1. The highest BCUT2D eigenvalue weighted by Crippen LogP contribution is 2.33. The molecule has 0 saturated heterocycles. The molecular formula is C12H7ClF3NO2. The Hall–Kier alpha value is -1.82. The maximum atomic E-state index is 12.6.